The van der Waals surface area contributed by atoms with Crippen LogP contribution in [0.5, 0.6) is 0 Å². The van der Waals surface area contributed by atoms with Crippen LogP contribution in [0.2, 0.25) is 0 Å². The Balaban J connectivity index is 1.44. The predicted molar refractivity (Wildman–Crippen MR) is 119 cm³/mol. The number of benzene rings is 2. The van der Waals surface area contributed by atoms with Gasteiger partial charge < -0.3 is 10.1 Å². The van der Waals surface area contributed by atoms with Crippen molar-refractivity contribution in [2.75, 3.05) is 18.4 Å². The number of aromatic nitrogens is 1. The van der Waals surface area contributed by atoms with Crippen LogP contribution in [0.25, 0.3) is 20.8 Å². The highest BCUT2D eigenvalue weighted by Gasteiger charge is 2.29. The fourth-order valence-electron chi connectivity index (χ4n) is 3.80. The molecule has 0 aliphatic carbocycles. The minimum atomic E-state index is -0.198. The van der Waals surface area contributed by atoms with E-state index in [1.165, 1.54) is 10.3 Å². The van der Waals surface area contributed by atoms with Crippen LogP contribution in [0.4, 0.5) is 5.69 Å². The van der Waals surface area contributed by atoms with Crippen molar-refractivity contribution >= 4 is 33.1 Å². The van der Waals surface area contributed by atoms with Gasteiger partial charge in [-0.05, 0) is 69.7 Å². The van der Waals surface area contributed by atoms with Gasteiger partial charge in [0.05, 0.1) is 28.5 Å². The Labute approximate surface area is 175 Å². The highest BCUT2D eigenvalue weighted by Crippen LogP contribution is 2.31. The molecule has 2 aromatic carbocycles. The molecule has 0 spiro atoms. The lowest BCUT2D eigenvalue weighted by atomic mass is 10.1. The zero-order valence-electron chi connectivity index (χ0n) is 17.3. The van der Waals surface area contributed by atoms with Crippen molar-refractivity contribution in [1.82, 2.24) is 9.88 Å². The first-order valence-electron chi connectivity index (χ1n) is 10.1. The molecule has 5 nitrogen and oxygen atoms in total. The summed E-state index contributed by atoms with van der Waals surface area (Å²) in [5.74, 6) is 0.00881. The van der Waals surface area contributed by atoms with Crippen LogP contribution >= 0.6 is 11.3 Å². The number of nitrogens with one attached hydrogen (secondary N) is 1. The smallest absolute Gasteiger partial charge is 0.241 e. The molecule has 1 amide bonds. The Bertz CT molecular complexity index is 1000. The molecule has 0 radical (unpaired) electrons. The lowest BCUT2D eigenvalue weighted by Gasteiger charge is -2.38. The molecule has 152 valence electrons. The molecule has 1 fully saturated rings. The minimum absolute atomic E-state index is 0.00881. The fraction of sp³-hybridized carbons (Fsp3) is 0.391. The molecule has 1 saturated heterocycles. The third-order valence-electron chi connectivity index (χ3n) is 5.32. The molecule has 3 aromatic rings. The van der Waals surface area contributed by atoms with Gasteiger partial charge in [-0.3, -0.25) is 9.69 Å². The average molecular weight is 410 g/mol. The van der Waals surface area contributed by atoms with Gasteiger partial charge in [0.1, 0.15) is 5.01 Å². The van der Waals surface area contributed by atoms with E-state index in [0.717, 1.165) is 34.9 Å². The van der Waals surface area contributed by atoms with Crippen LogP contribution in [-0.2, 0) is 9.53 Å². The van der Waals surface area contributed by atoms with Gasteiger partial charge in [0.15, 0.2) is 0 Å². The lowest BCUT2D eigenvalue weighted by Crippen LogP contribution is -2.52. The first-order valence-corrected chi connectivity index (χ1v) is 10.9. The van der Waals surface area contributed by atoms with Crippen molar-refractivity contribution in [3.05, 3.63) is 48.0 Å². The average Bonchev–Trinajstić information content (AvgIpc) is 3.10. The lowest BCUT2D eigenvalue weighted by molar-refractivity contribution is -0.126. The van der Waals surface area contributed by atoms with Crippen molar-refractivity contribution < 1.29 is 9.53 Å². The highest BCUT2D eigenvalue weighted by atomic mass is 32.1. The van der Waals surface area contributed by atoms with E-state index in [4.69, 9.17) is 9.72 Å². The van der Waals surface area contributed by atoms with Crippen LogP contribution < -0.4 is 5.32 Å². The molecule has 3 atom stereocenters. The van der Waals surface area contributed by atoms with Gasteiger partial charge in [-0.1, -0.05) is 6.07 Å². The monoisotopic (exact) mass is 409 g/mol. The van der Waals surface area contributed by atoms with Crippen LogP contribution in [0.15, 0.2) is 42.5 Å². The summed E-state index contributed by atoms with van der Waals surface area (Å²) in [6.07, 6.45) is 0.289. The van der Waals surface area contributed by atoms with E-state index in [0.29, 0.717) is 0 Å². The maximum atomic E-state index is 12.7. The van der Waals surface area contributed by atoms with E-state index in [1.54, 1.807) is 11.3 Å². The summed E-state index contributed by atoms with van der Waals surface area (Å²) in [7, 11) is 0. The number of hydrogen-bond donors (Lipinski definition) is 1. The summed E-state index contributed by atoms with van der Waals surface area (Å²) in [6.45, 7) is 9.70. The molecule has 1 aromatic heterocycles. The van der Waals surface area contributed by atoms with Crippen LogP contribution in [0.1, 0.15) is 26.3 Å². The maximum Gasteiger partial charge on any atom is 0.241 e. The van der Waals surface area contributed by atoms with Crippen molar-refractivity contribution in [3.63, 3.8) is 0 Å². The van der Waals surface area contributed by atoms with E-state index in [9.17, 15) is 4.79 Å². The second kappa shape index (κ2) is 8.22. The number of amides is 1. The van der Waals surface area contributed by atoms with Crippen molar-refractivity contribution in [2.45, 2.75) is 45.9 Å². The highest BCUT2D eigenvalue weighted by molar-refractivity contribution is 7.21. The van der Waals surface area contributed by atoms with Crippen molar-refractivity contribution in [1.29, 1.82) is 0 Å². The number of fused-ring (bicyclic) bond motifs is 1. The molecule has 4 rings (SSSR count). The number of hydrogen-bond acceptors (Lipinski definition) is 5. The number of thiazole rings is 1. The summed E-state index contributed by atoms with van der Waals surface area (Å²) in [6, 6.07) is 14.0. The van der Waals surface area contributed by atoms with Gasteiger partial charge in [0.25, 0.3) is 0 Å². The summed E-state index contributed by atoms with van der Waals surface area (Å²) in [5.41, 5.74) is 4.13. The Hall–Kier alpha value is -2.28. The largest absolute Gasteiger partial charge is 0.373 e. The van der Waals surface area contributed by atoms with Gasteiger partial charge in [-0.15, -0.1) is 11.3 Å². The molecule has 29 heavy (non-hydrogen) atoms. The number of ether oxygens (including phenoxy) is 1. The molecule has 0 saturated carbocycles. The fourth-order valence-corrected chi connectivity index (χ4v) is 4.87. The third kappa shape index (κ3) is 4.50. The summed E-state index contributed by atoms with van der Waals surface area (Å²) in [4.78, 5) is 19.6. The Morgan fingerprint density at radius 3 is 2.55 bits per heavy atom. The maximum absolute atomic E-state index is 12.7. The van der Waals surface area contributed by atoms with Crippen LogP contribution in [-0.4, -0.2) is 47.1 Å². The number of rotatable bonds is 4. The quantitative estimate of drug-likeness (QED) is 0.678. The van der Waals surface area contributed by atoms with Gasteiger partial charge in [-0.2, -0.15) is 0 Å². The van der Waals surface area contributed by atoms with Gasteiger partial charge >= 0.3 is 0 Å². The molecule has 2 heterocycles. The Morgan fingerprint density at radius 1 is 1.17 bits per heavy atom. The van der Waals surface area contributed by atoms with Crippen molar-refractivity contribution in [2.24, 2.45) is 0 Å². The number of morpholine rings is 1. The van der Waals surface area contributed by atoms with Crippen molar-refractivity contribution in [3.8, 4) is 10.6 Å². The van der Waals surface area contributed by atoms with Crippen LogP contribution in [0, 0.1) is 6.92 Å². The first kappa shape index (κ1) is 20.0. The van der Waals surface area contributed by atoms with E-state index in [2.05, 4.69) is 49.2 Å². The van der Waals surface area contributed by atoms with Gasteiger partial charge in [-0.25, -0.2) is 4.98 Å². The molecule has 0 unspecified atom stereocenters. The molecular weight excluding hydrogens is 382 g/mol. The molecule has 1 aliphatic heterocycles. The minimum Gasteiger partial charge on any atom is -0.373 e. The van der Waals surface area contributed by atoms with Gasteiger partial charge in [0.2, 0.25) is 5.91 Å². The number of anilines is 1. The van der Waals surface area contributed by atoms with Crippen LogP contribution in [0.3, 0.4) is 0 Å². The zero-order chi connectivity index (χ0) is 20.5. The summed E-state index contributed by atoms with van der Waals surface area (Å²) >= 11 is 1.69. The Kier molecular flexibility index (Phi) is 5.67. The first-order chi connectivity index (χ1) is 13.9. The van der Waals surface area contributed by atoms with E-state index in [-0.39, 0.29) is 24.2 Å². The normalized spacial score (nSPS) is 21.2. The zero-order valence-corrected chi connectivity index (χ0v) is 18.1. The van der Waals surface area contributed by atoms with E-state index < -0.39 is 0 Å². The molecule has 0 bridgehead atoms. The molecule has 1 aliphatic rings. The summed E-state index contributed by atoms with van der Waals surface area (Å²) in [5, 5.41) is 4.04. The number of nitrogens with zero attached hydrogens (tertiary/aromatic N) is 2. The SMILES string of the molecule is Cc1ccc2nc(-c3ccc(NC(=O)[C@H](C)N4C[C@H](C)O[C@@H](C)C4)cc3)sc2c1. The van der Waals surface area contributed by atoms with E-state index >= 15 is 0 Å². The Morgan fingerprint density at radius 2 is 1.86 bits per heavy atom. The standard InChI is InChI=1S/C23H27N3O2S/c1-14-5-10-20-21(11-14)29-23(25-20)18-6-8-19(9-7-18)24-22(27)17(4)26-12-15(2)28-16(3)13-26/h5-11,15-17H,12-13H2,1-4H3,(H,24,27)/t15-,16-,17-/m0/s1. The second-order valence-corrected chi connectivity index (χ2v) is 8.97. The number of carbonyl (C=O) groups excluding carboxylic acids is 1. The molecule has 6 heteroatoms. The number of carbonyl (C=O) groups is 1. The number of aryl methyl sites for hydroxylation is 1. The third-order valence-corrected chi connectivity index (χ3v) is 6.39. The van der Waals surface area contributed by atoms with E-state index in [1.807, 2.05) is 31.2 Å². The van der Waals surface area contributed by atoms with Gasteiger partial charge in [0, 0.05) is 24.3 Å². The summed E-state index contributed by atoms with van der Waals surface area (Å²) < 4.78 is 6.96. The topological polar surface area (TPSA) is 54.5 Å². The molecule has 1 N–H and O–H groups in total. The molecular formula is C23H27N3O2S. The predicted octanol–water partition coefficient (Wildman–Crippen LogP) is 4.71. The second-order valence-electron chi connectivity index (χ2n) is 7.94.